The molecule has 0 aliphatic carbocycles. The summed E-state index contributed by atoms with van der Waals surface area (Å²) in [6.45, 7) is -0.747. The molecular weight excluding hydrogens is 348 g/mol. The van der Waals surface area contributed by atoms with Gasteiger partial charge in [-0.3, -0.25) is 4.79 Å². The molecule has 2 rings (SSSR count). The first-order valence-corrected chi connectivity index (χ1v) is 7.31. The minimum absolute atomic E-state index is 0.747. The SMILES string of the molecule is COC1OC(C(=O)O)C(O)C(O[C@@H]2OC(CO)C(O)[C@H](O)C2=O)C1O. The van der Waals surface area contributed by atoms with Crippen molar-refractivity contribution in [2.75, 3.05) is 13.7 Å². The number of methoxy groups -OCH3 is 1. The van der Waals surface area contributed by atoms with Crippen molar-refractivity contribution in [1.29, 1.82) is 0 Å². The topological polar surface area (TPSA) is 192 Å². The summed E-state index contributed by atoms with van der Waals surface area (Å²) in [6, 6.07) is 0. The van der Waals surface area contributed by atoms with Gasteiger partial charge in [-0.2, -0.15) is 0 Å². The number of rotatable bonds is 5. The third-order valence-corrected chi connectivity index (χ3v) is 4.01. The summed E-state index contributed by atoms with van der Waals surface area (Å²) in [5.74, 6) is -2.68. The van der Waals surface area contributed by atoms with E-state index in [0.717, 1.165) is 7.11 Å². The number of carbonyl (C=O) groups is 2. The van der Waals surface area contributed by atoms with Crippen molar-refractivity contribution in [3.05, 3.63) is 0 Å². The second-order valence-electron chi connectivity index (χ2n) is 5.61. The Labute approximate surface area is 141 Å². The lowest BCUT2D eigenvalue weighted by atomic mass is 9.97. The number of carboxylic acids is 1. The van der Waals surface area contributed by atoms with E-state index in [1.807, 2.05) is 0 Å². The molecule has 2 aliphatic rings. The van der Waals surface area contributed by atoms with Crippen molar-refractivity contribution in [1.82, 2.24) is 0 Å². The van der Waals surface area contributed by atoms with Crippen LogP contribution in [0.2, 0.25) is 0 Å². The first-order chi connectivity index (χ1) is 11.7. The van der Waals surface area contributed by atoms with Gasteiger partial charge >= 0.3 is 5.97 Å². The molecule has 9 atom stereocenters. The molecule has 2 saturated heterocycles. The number of hydrogen-bond donors (Lipinski definition) is 6. The Morgan fingerprint density at radius 3 is 2.28 bits per heavy atom. The van der Waals surface area contributed by atoms with Crippen LogP contribution in [0.1, 0.15) is 0 Å². The van der Waals surface area contributed by atoms with Gasteiger partial charge in [0.15, 0.2) is 12.4 Å². The summed E-state index contributed by atoms with van der Waals surface area (Å²) in [6.07, 6.45) is -15.4. The zero-order valence-electron chi connectivity index (χ0n) is 13.0. The Morgan fingerprint density at radius 1 is 1.12 bits per heavy atom. The van der Waals surface area contributed by atoms with Gasteiger partial charge in [0, 0.05) is 7.11 Å². The smallest absolute Gasteiger partial charge is 0.335 e. The Kier molecular flexibility index (Phi) is 6.42. The first-order valence-electron chi connectivity index (χ1n) is 7.31. The van der Waals surface area contributed by atoms with E-state index < -0.39 is 73.7 Å². The summed E-state index contributed by atoms with van der Waals surface area (Å²) in [4.78, 5) is 23.1. The monoisotopic (exact) mass is 368 g/mol. The molecule has 7 unspecified atom stereocenters. The highest BCUT2D eigenvalue weighted by molar-refractivity contribution is 5.87. The number of aliphatic carboxylic acids is 1. The van der Waals surface area contributed by atoms with Gasteiger partial charge in [-0.25, -0.2) is 4.79 Å². The normalized spacial score (nSPS) is 45.4. The van der Waals surface area contributed by atoms with Crippen molar-refractivity contribution in [3.63, 3.8) is 0 Å². The predicted molar refractivity (Wildman–Crippen MR) is 73.0 cm³/mol. The molecule has 12 nitrogen and oxygen atoms in total. The minimum atomic E-state index is -1.93. The second-order valence-corrected chi connectivity index (χ2v) is 5.61. The highest BCUT2D eigenvalue weighted by Gasteiger charge is 2.52. The highest BCUT2D eigenvalue weighted by atomic mass is 16.7. The molecule has 6 N–H and O–H groups in total. The maximum Gasteiger partial charge on any atom is 0.335 e. The Balaban J connectivity index is 2.20. The standard InChI is InChI=1S/C13H20O12/c1-22-12-8(19)9(7(18)10(25-12)11(20)21)24-13-6(17)5(16)4(15)3(2-14)23-13/h3-5,7-10,12-16,18-19H,2H2,1H3,(H,20,21)/t3?,4?,5-,7?,8?,9?,10?,12?,13-/m0/s1. The van der Waals surface area contributed by atoms with Crippen LogP contribution in [0, 0.1) is 0 Å². The van der Waals surface area contributed by atoms with Gasteiger partial charge in [0.25, 0.3) is 0 Å². The molecule has 0 bridgehead atoms. The number of Topliss-reactive ketones (excluding diaryl/α,β-unsaturated/α-hetero) is 1. The first kappa shape index (κ1) is 20.1. The van der Waals surface area contributed by atoms with Gasteiger partial charge in [0.2, 0.25) is 12.1 Å². The van der Waals surface area contributed by atoms with Crippen molar-refractivity contribution in [2.45, 2.75) is 55.3 Å². The average Bonchev–Trinajstić information content (AvgIpc) is 2.58. The van der Waals surface area contributed by atoms with Crippen LogP contribution in [0.4, 0.5) is 0 Å². The lowest BCUT2D eigenvalue weighted by Gasteiger charge is -2.43. The van der Waals surface area contributed by atoms with Crippen LogP contribution in [0.3, 0.4) is 0 Å². The van der Waals surface area contributed by atoms with E-state index in [9.17, 15) is 30.0 Å². The van der Waals surface area contributed by atoms with Crippen molar-refractivity contribution < 1.29 is 59.2 Å². The summed E-state index contributed by atoms with van der Waals surface area (Å²) >= 11 is 0. The van der Waals surface area contributed by atoms with E-state index in [0.29, 0.717) is 0 Å². The van der Waals surface area contributed by atoms with Crippen LogP contribution in [0.25, 0.3) is 0 Å². The quantitative estimate of drug-likeness (QED) is 0.273. The number of carboxylic acid groups (broad SMARTS) is 1. The van der Waals surface area contributed by atoms with E-state index in [4.69, 9.17) is 29.2 Å². The van der Waals surface area contributed by atoms with Gasteiger partial charge in [-0.15, -0.1) is 0 Å². The Morgan fingerprint density at radius 2 is 1.76 bits per heavy atom. The predicted octanol–water partition coefficient (Wildman–Crippen LogP) is -4.44. The number of aliphatic hydroxyl groups is 5. The molecule has 0 aromatic heterocycles. The van der Waals surface area contributed by atoms with Crippen molar-refractivity contribution in [2.24, 2.45) is 0 Å². The lowest BCUT2D eigenvalue weighted by Crippen LogP contribution is -2.64. The summed E-state index contributed by atoms with van der Waals surface area (Å²) < 4.78 is 19.8. The van der Waals surface area contributed by atoms with Gasteiger partial charge in [-0.1, -0.05) is 0 Å². The van der Waals surface area contributed by atoms with Crippen molar-refractivity contribution >= 4 is 11.8 Å². The molecule has 0 saturated carbocycles. The molecule has 12 heteroatoms. The van der Waals surface area contributed by atoms with E-state index in [-0.39, 0.29) is 0 Å². The van der Waals surface area contributed by atoms with Gasteiger partial charge in [-0.05, 0) is 0 Å². The number of aliphatic hydroxyl groups excluding tert-OH is 5. The fourth-order valence-corrected chi connectivity index (χ4v) is 2.61. The van der Waals surface area contributed by atoms with Crippen LogP contribution in [-0.4, -0.2) is 111 Å². The zero-order chi connectivity index (χ0) is 18.9. The summed E-state index contributed by atoms with van der Waals surface area (Å²) in [5, 5.41) is 57.6. The van der Waals surface area contributed by atoms with Crippen molar-refractivity contribution in [3.8, 4) is 0 Å². The Hall–Kier alpha value is -1.22. The zero-order valence-corrected chi connectivity index (χ0v) is 13.0. The maximum absolute atomic E-state index is 12.0. The van der Waals surface area contributed by atoms with E-state index in [1.165, 1.54) is 0 Å². The van der Waals surface area contributed by atoms with Crippen LogP contribution < -0.4 is 0 Å². The minimum Gasteiger partial charge on any atom is -0.479 e. The molecule has 2 fully saturated rings. The fraction of sp³-hybridized carbons (Fsp3) is 0.846. The molecule has 25 heavy (non-hydrogen) atoms. The van der Waals surface area contributed by atoms with E-state index >= 15 is 0 Å². The largest absolute Gasteiger partial charge is 0.479 e. The summed E-state index contributed by atoms with van der Waals surface area (Å²) in [5.41, 5.74) is 0. The average molecular weight is 368 g/mol. The number of carbonyl (C=O) groups excluding carboxylic acids is 1. The number of ketones is 1. The maximum atomic E-state index is 12.0. The van der Waals surface area contributed by atoms with Gasteiger partial charge in [0.1, 0.15) is 36.6 Å². The molecule has 0 aromatic carbocycles. The number of ether oxygens (including phenoxy) is 4. The summed E-state index contributed by atoms with van der Waals surface area (Å²) in [7, 11) is 1.12. The molecule has 0 amide bonds. The fourth-order valence-electron chi connectivity index (χ4n) is 2.61. The molecule has 2 aliphatic heterocycles. The third kappa shape index (κ3) is 3.81. The van der Waals surface area contributed by atoms with Gasteiger partial charge in [0.05, 0.1) is 6.61 Å². The molecule has 144 valence electrons. The van der Waals surface area contributed by atoms with Gasteiger partial charge < -0.3 is 49.6 Å². The molecule has 2 heterocycles. The number of hydrogen-bond acceptors (Lipinski definition) is 11. The molecule has 0 spiro atoms. The van der Waals surface area contributed by atoms with Crippen LogP contribution in [0.5, 0.6) is 0 Å². The second kappa shape index (κ2) is 7.99. The third-order valence-electron chi connectivity index (χ3n) is 4.01. The van der Waals surface area contributed by atoms with Crippen LogP contribution in [-0.2, 0) is 28.5 Å². The van der Waals surface area contributed by atoms with Crippen LogP contribution >= 0.6 is 0 Å². The van der Waals surface area contributed by atoms with Crippen LogP contribution in [0.15, 0.2) is 0 Å². The lowest BCUT2D eigenvalue weighted by molar-refractivity contribution is -0.323. The molecule has 0 radical (unpaired) electrons. The molecule has 0 aromatic rings. The highest BCUT2D eigenvalue weighted by Crippen LogP contribution is 2.28. The Bertz CT molecular complexity index is 497. The molecular formula is C13H20O12. The van der Waals surface area contributed by atoms with E-state index in [2.05, 4.69) is 0 Å². The van der Waals surface area contributed by atoms with E-state index in [1.54, 1.807) is 0 Å².